The van der Waals surface area contributed by atoms with E-state index in [0.29, 0.717) is 11.4 Å². The molecule has 0 amide bonds. The van der Waals surface area contributed by atoms with Gasteiger partial charge in [0, 0.05) is 15.7 Å². The summed E-state index contributed by atoms with van der Waals surface area (Å²) in [6, 6.07) is 9.86. The van der Waals surface area contributed by atoms with Crippen molar-refractivity contribution in [1.82, 2.24) is 0 Å². The second-order valence-electron chi connectivity index (χ2n) is 4.16. The summed E-state index contributed by atoms with van der Waals surface area (Å²) in [5, 5.41) is 0. The summed E-state index contributed by atoms with van der Waals surface area (Å²) in [6.07, 6.45) is -4.33. The van der Waals surface area contributed by atoms with E-state index in [1.807, 2.05) is 0 Å². The van der Waals surface area contributed by atoms with Gasteiger partial charge < -0.3 is 10.5 Å². The summed E-state index contributed by atoms with van der Waals surface area (Å²) in [5.74, 6) is 0.377. The maximum Gasteiger partial charge on any atom is 0.416 e. The summed E-state index contributed by atoms with van der Waals surface area (Å²) < 4.78 is 43.4. The van der Waals surface area contributed by atoms with E-state index in [4.69, 9.17) is 10.5 Å². The topological polar surface area (TPSA) is 35.2 Å². The maximum absolute atomic E-state index is 12.4. The normalized spacial score (nSPS) is 11.4. The van der Waals surface area contributed by atoms with Gasteiger partial charge in [0.05, 0.1) is 5.56 Å². The van der Waals surface area contributed by atoms with Crippen molar-refractivity contribution < 1.29 is 17.9 Å². The molecule has 0 heterocycles. The summed E-state index contributed by atoms with van der Waals surface area (Å²) in [5.41, 5.74) is 6.40. The summed E-state index contributed by atoms with van der Waals surface area (Å²) >= 11 is 3.35. The third kappa shape index (κ3) is 3.66. The summed E-state index contributed by atoms with van der Waals surface area (Å²) in [4.78, 5) is 0. The number of alkyl halides is 3. The number of nitrogen functional groups attached to an aromatic ring is 1. The first kappa shape index (κ1) is 14.7. The molecule has 0 fully saturated rings. The SMILES string of the molecule is Nc1ccc(COc2ccc(C(F)(F)F)cc2)c(Br)c1. The highest BCUT2D eigenvalue weighted by Crippen LogP contribution is 2.30. The van der Waals surface area contributed by atoms with Gasteiger partial charge in [0.2, 0.25) is 0 Å². The second kappa shape index (κ2) is 5.75. The van der Waals surface area contributed by atoms with Gasteiger partial charge in [-0.15, -0.1) is 0 Å². The van der Waals surface area contributed by atoms with Crippen molar-refractivity contribution in [2.45, 2.75) is 12.8 Å². The average Bonchev–Trinajstić information content (AvgIpc) is 2.37. The standard InChI is InChI=1S/C14H11BrF3NO/c15-13-7-11(19)4-1-9(13)8-20-12-5-2-10(3-6-12)14(16,17)18/h1-7H,8,19H2. The number of benzene rings is 2. The fourth-order valence-electron chi connectivity index (χ4n) is 1.58. The molecule has 0 aliphatic heterocycles. The Labute approximate surface area is 122 Å². The van der Waals surface area contributed by atoms with Gasteiger partial charge in [-0.3, -0.25) is 0 Å². The molecule has 2 aromatic carbocycles. The second-order valence-corrected chi connectivity index (χ2v) is 5.02. The highest BCUT2D eigenvalue weighted by molar-refractivity contribution is 9.10. The Hall–Kier alpha value is -1.69. The molecule has 20 heavy (non-hydrogen) atoms. The molecule has 0 saturated heterocycles. The first-order valence-corrected chi connectivity index (χ1v) is 6.49. The lowest BCUT2D eigenvalue weighted by molar-refractivity contribution is -0.137. The molecule has 0 aromatic heterocycles. The van der Waals surface area contributed by atoms with E-state index in [-0.39, 0.29) is 6.61 Å². The monoisotopic (exact) mass is 345 g/mol. The lowest BCUT2D eigenvalue weighted by Gasteiger charge is -2.10. The number of rotatable bonds is 3. The smallest absolute Gasteiger partial charge is 0.416 e. The van der Waals surface area contributed by atoms with Crippen LogP contribution in [0, 0.1) is 0 Å². The van der Waals surface area contributed by atoms with Gasteiger partial charge in [0.1, 0.15) is 12.4 Å². The zero-order valence-electron chi connectivity index (χ0n) is 10.2. The van der Waals surface area contributed by atoms with E-state index in [9.17, 15) is 13.2 Å². The predicted molar refractivity (Wildman–Crippen MR) is 74.3 cm³/mol. The van der Waals surface area contributed by atoms with Crippen molar-refractivity contribution in [3.8, 4) is 5.75 Å². The Kier molecular flexibility index (Phi) is 4.23. The molecule has 0 aliphatic carbocycles. The van der Waals surface area contributed by atoms with Gasteiger partial charge >= 0.3 is 6.18 Å². The van der Waals surface area contributed by atoms with Gasteiger partial charge in [-0.05, 0) is 36.4 Å². The number of ether oxygens (including phenoxy) is 1. The fraction of sp³-hybridized carbons (Fsp3) is 0.143. The molecule has 0 bridgehead atoms. The number of nitrogens with two attached hydrogens (primary N) is 1. The predicted octanol–water partition coefficient (Wildman–Crippen LogP) is 4.63. The van der Waals surface area contributed by atoms with Gasteiger partial charge in [-0.25, -0.2) is 0 Å². The van der Waals surface area contributed by atoms with Crippen molar-refractivity contribution in [2.75, 3.05) is 5.73 Å². The molecule has 0 unspecified atom stereocenters. The van der Waals surface area contributed by atoms with Crippen LogP contribution >= 0.6 is 15.9 Å². The third-order valence-corrected chi connectivity index (χ3v) is 3.39. The number of anilines is 1. The van der Waals surface area contributed by atoms with Crippen LogP contribution in [0.5, 0.6) is 5.75 Å². The number of hydrogen-bond donors (Lipinski definition) is 1. The minimum absolute atomic E-state index is 0.242. The zero-order chi connectivity index (χ0) is 14.8. The first-order chi connectivity index (χ1) is 9.36. The molecular formula is C14H11BrF3NO. The molecule has 6 heteroatoms. The number of halogens is 4. The highest BCUT2D eigenvalue weighted by atomic mass is 79.9. The van der Waals surface area contributed by atoms with E-state index in [1.54, 1.807) is 18.2 Å². The van der Waals surface area contributed by atoms with Crippen LogP contribution in [0.3, 0.4) is 0 Å². The maximum atomic E-state index is 12.4. The number of hydrogen-bond acceptors (Lipinski definition) is 2. The van der Waals surface area contributed by atoms with Crippen LogP contribution in [0.25, 0.3) is 0 Å². The largest absolute Gasteiger partial charge is 0.489 e. The zero-order valence-corrected chi connectivity index (χ0v) is 11.8. The van der Waals surface area contributed by atoms with Gasteiger partial charge in [-0.2, -0.15) is 13.2 Å². The Bertz CT molecular complexity index is 596. The van der Waals surface area contributed by atoms with Crippen LogP contribution in [0.4, 0.5) is 18.9 Å². The minimum atomic E-state index is -4.33. The molecule has 0 atom stereocenters. The Morgan fingerprint density at radius 2 is 1.70 bits per heavy atom. The van der Waals surface area contributed by atoms with Gasteiger partial charge in [0.25, 0.3) is 0 Å². The molecule has 0 spiro atoms. The van der Waals surface area contributed by atoms with Crippen LogP contribution in [0.2, 0.25) is 0 Å². The average molecular weight is 346 g/mol. The van der Waals surface area contributed by atoms with Crippen molar-refractivity contribution >= 4 is 21.6 Å². The Morgan fingerprint density at radius 3 is 2.25 bits per heavy atom. The van der Waals surface area contributed by atoms with E-state index in [0.717, 1.165) is 22.2 Å². The molecule has 0 saturated carbocycles. The van der Waals surface area contributed by atoms with Crippen molar-refractivity contribution in [3.05, 3.63) is 58.1 Å². The van der Waals surface area contributed by atoms with Crippen LogP contribution in [0.15, 0.2) is 46.9 Å². The summed E-state index contributed by atoms with van der Waals surface area (Å²) in [7, 11) is 0. The summed E-state index contributed by atoms with van der Waals surface area (Å²) in [6.45, 7) is 0.242. The van der Waals surface area contributed by atoms with E-state index in [1.165, 1.54) is 12.1 Å². The van der Waals surface area contributed by atoms with Crippen LogP contribution in [0.1, 0.15) is 11.1 Å². The Morgan fingerprint density at radius 1 is 1.05 bits per heavy atom. The Balaban J connectivity index is 2.04. The molecule has 2 nitrogen and oxygen atoms in total. The molecule has 2 N–H and O–H groups in total. The van der Waals surface area contributed by atoms with E-state index < -0.39 is 11.7 Å². The van der Waals surface area contributed by atoms with Crippen molar-refractivity contribution in [3.63, 3.8) is 0 Å². The van der Waals surface area contributed by atoms with Gasteiger partial charge in [0.15, 0.2) is 0 Å². The molecule has 0 aliphatic rings. The van der Waals surface area contributed by atoms with Gasteiger partial charge in [-0.1, -0.05) is 22.0 Å². The molecule has 0 radical (unpaired) electrons. The fourth-order valence-corrected chi connectivity index (χ4v) is 2.09. The van der Waals surface area contributed by atoms with E-state index in [2.05, 4.69) is 15.9 Å². The molecular weight excluding hydrogens is 335 g/mol. The van der Waals surface area contributed by atoms with Crippen LogP contribution in [-0.2, 0) is 12.8 Å². The van der Waals surface area contributed by atoms with Crippen LogP contribution in [-0.4, -0.2) is 0 Å². The molecule has 2 aromatic rings. The minimum Gasteiger partial charge on any atom is -0.489 e. The van der Waals surface area contributed by atoms with Crippen molar-refractivity contribution in [1.29, 1.82) is 0 Å². The third-order valence-electron chi connectivity index (χ3n) is 2.65. The lowest BCUT2D eigenvalue weighted by atomic mass is 10.2. The highest BCUT2D eigenvalue weighted by Gasteiger charge is 2.29. The van der Waals surface area contributed by atoms with Crippen LogP contribution < -0.4 is 10.5 Å². The molecule has 2 rings (SSSR count). The molecule has 106 valence electrons. The van der Waals surface area contributed by atoms with Crippen molar-refractivity contribution in [2.24, 2.45) is 0 Å². The van der Waals surface area contributed by atoms with E-state index >= 15 is 0 Å². The lowest BCUT2D eigenvalue weighted by Crippen LogP contribution is -2.04. The quantitative estimate of drug-likeness (QED) is 0.823. The first-order valence-electron chi connectivity index (χ1n) is 5.70.